The van der Waals surface area contributed by atoms with E-state index in [1.165, 1.54) is 5.56 Å². The standard InChI is InChI=1S/C22H24N4O2/c1-26(16-18-6-4-3-5-7-18)22(27)20-12-13-21(25-24-20)23-15-14-17-8-10-19(28-2)11-9-17/h3-13H,14-16H2,1-2H3,(H,23,25). The Morgan fingerprint density at radius 2 is 1.71 bits per heavy atom. The molecular weight excluding hydrogens is 352 g/mol. The van der Waals surface area contributed by atoms with E-state index in [0.29, 0.717) is 18.1 Å². The summed E-state index contributed by atoms with van der Waals surface area (Å²) in [6.07, 6.45) is 0.853. The number of anilines is 1. The maximum Gasteiger partial charge on any atom is 0.274 e. The molecule has 0 atom stereocenters. The number of ether oxygens (including phenoxy) is 1. The SMILES string of the molecule is COc1ccc(CCNc2ccc(C(=O)N(C)Cc3ccccc3)nn2)cc1. The molecule has 1 aromatic heterocycles. The van der Waals surface area contributed by atoms with E-state index in [9.17, 15) is 4.79 Å². The van der Waals surface area contributed by atoms with Crippen LogP contribution in [-0.2, 0) is 13.0 Å². The molecule has 6 heteroatoms. The van der Waals surface area contributed by atoms with Gasteiger partial charge in [0.1, 0.15) is 11.6 Å². The first-order valence-electron chi connectivity index (χ1n) is 9.15. The van der Waals surface area contributed by atoms with Gasteiger partial charge in [0.2, 0.25) is 0 Å². The number of amides is 1. The maximum atomic E-state index is 12.5. The molecule has 0 saturated heterocycles. The summed E-state index contributed by atoms with van der Waals surface area (Å²) in [7, 11) is 3.42. The number of hydrogen-bond donors (Lipinski definition) is 1. The Morgan fingerprint density at radius 1 is 0.964 bits per heavy atom. The largest absolute Gasteiger partial charge is 0.497 e. The smallest absolute Gasteiger partial charge is 0.274 e. The first kappa shape index (κ1) is 19.4. The van der Waals surface area contributed by atoms with E-state index in [0.717, 1.165) is 24.3 Å². The van der Waals surface area contributed by atoms with Crippen molar-refractivity contribution in [2.24, 2.45) is 0 Å². The summed E-state index contributed by atoms with van der Waals surface area (Å²) < 4.78 is 5.16. The lowest BCUT2D eigenvalue weighted by Crippen LogP contribution is -2.27. The van der Waals surface area contributed by atoms with Crippen molar-refractivity contribution >= 4 is 11.7 Å². The fourth-order valence-corrected chi connectivity index (χ4v) is 2.79. The summed E-state index contributed by atoms with van der Waals surface area (Å²) in [5, 5.41) is 11.4. The van der Waals surface area contributed by atoms with Crippen LogP contribution in [0.4, 0.5) is 5.82 Å². The van der Waals surface area contributed by atoms with Crippen molar-refractivity contribution in [2.45, 2.75) is 13.0 Å². The number of hydrogen-bond acceptors (Lipinski definition) is 5. The molecule has 1 heterocycles. The summed E-state index contributed by atoms with van der Waals surface area (Å²) in [6.45, 7) is 1.26. The molecule has 6 nitrogen and oxygen atoms in total. The van der Waals surface area contributed by atoms with Gasteiger partial charge in [-0.05, 0) is 41.8 Å². The third-order valence-corrected chi connectivity index (χ3v) is 4.37. The number of carbonyl (C=O) groups is 1. The molecule has 0 aliphatic heterocycles. The average molecular weight is 376 g/mol. The number of aromatic nitrogens is 2. The van der Waals surface area contributed by atoms with Crippen molar-refractivity contribution in [1.82, 2.24) is 15.1 Å². The Morgan fingerprint density at radius 3 is 2.36 bits per heavy atom. The predicted molar refractivity (Wildman–Crippen MR) is 109 cm³/mol. The molecule has 0 radical (unpaired) electrons. The third kappa shape index (κ3) is 5.30. The molecule has 0 bridgehead atoms. The van der Waals surface area contributed by atoms with Crippen molar-refractivity contribution in [3.05, 3.63) is 83.6 Å². The van der Waals surface area contributed by atoms with Crippen molar-refractivity contribution in [1.29, 1.82) is 0 Å². The van der Waals surface area contributed by atoms with Gasteiger partial charge in [0.15, 0.2) is 5.69 Å². The molecule has 144 valence electrons. The summed E-state index contributed by atoms with van der Waals surface area (Å²) in [5.41, 5.74) is 2.61. The average Bonchev–Trinajstić information content (AvgIpc) is 2.75. The first-order valence-corrected chi connectivity index (χ1v) is 9.15. The molecule has 28 heavy (non-hydrogen) atoms. The first-order chi connectivity index (χ1) is 13.7. The molecular formula is C22H24N4O2. The molecule has 0 spiro atoms. The van der Waals surface area contributed by atoms with Gasteiger partial charge >= 0.3 is 0 Å². The van der Waals surface area contributed by atoms with Crippen molar-refractivity contribution in [3.8, 4) is 5.75 Å². The number of nitrogens with one attached hydrogen (secondary N) is 1. The highest BCUT2D eigenvalue weighted by Crippen LogP contribution is 2.12. The van der Waals surface area contributed by atoms with Crippen LogP contribution in [0.15, 0.2) is 66.7 Å². The highest BCUT2D eigenvalue weighted by Gasteiger charge is 2.14. The fraction of sp³-hybridized carbons (Fsp3) is 0.227. The van der Waals surface area contributed by atoms with E-state index in [-0.39, 0.29) is 5.91 Å². The fourth-order valence-electron chi connectivity index (χ4n) is 2.79. The zero-order chi connectivity index (χ0) is 19.8. The Labute approximate surface area is 165 Å². The molecule has 0 unspecified atom stereocenters. The molecule has 0 fully saturated rings. The predicted octanol–water partition coefficient (Wildman–Crippen LogP) is 3.41. The molecule has 1 amide bonds. The zero-order valence-electron chi connectivity index (χ0n) is 16.1. The van der Waals surface area contributed by atoms with Gasteiger partial charge in [0.25, 0.3) is 5.91 Å². The summed E-state index contributed by atoms with van der Waals surface area (Å²) in [4.78, 5) is 14.1. The van der Waals surface area contributed by atoms with Crippen molar-refractivity contribution in [2.75, 3.05) is 26.0 Å². The summed E-state index contributed by atoms with van der Waals surface area (Å²) in [5.74, 6) is 1.34. The minimum Gasteiger partial charge on any atom is -0.497 e. The lowest BCUT2D eigenvalue weighted by atomic mass is 10.1. The molecule has 0 aliphatic carbocycles. The van der Waals surface area contributed by atoms with Crippen LogP contribution in [0.2, 0.25) is 0 Å². The van der Waals surface area contributed by atoms with Crippen LogP contribution in [0, 0.1) is 0 Å². The minimum absolute atomic E-state index is 0.152. The van der Waals surface area contributed by atoms with Gasteiger partial charge in [-0.1, -0.05) is 42.5 Å². The van der Waals surface area contributed by atoms with Crippen LogP contribution >= 0.6 is 0 Å². The number of benzene rings is 2. The third-order valence-electron chi connectivity index (χ3n) is 4.37. The van der Waals surface area contributed by atoms with Crippen LogP contribution in [0.5, 0.6) is 5.75 Å². The Kier molecular flexibility index (Phi) is 6.57. The molecule has 3 rings (SSSR count). The van der Waals surface area contributed by atoms with Crippen LogP contribution < -0.4 is 10.1 Å². The van der Waals surface area contributed by atoms with Gasteiger partial charge < -0.3 is 15.0 Å². The normalized spacial score (nSPS) is 10.4. The van der Waals surface area contributed by atoms with Crippen LogP contribution in [0.3, 0.4) is 0 Å². The van der Waals surface area contributed by atoms with Gasteiger partial charge in [0.05, 0.1) is 7.11 Å². The molecule has 3 aromatic rings. The second kappa shape index (κ2) is 9.50. The highest BCUT2D eigenvalue weighted by atomic mass is 16.5. The van der Waals surface area contributed by atoms with Gasteiger partial charge in [-0.15, -0.1) is 10.2 Å². The number of methoxy groups -OCH3 is 1. The van der Waals surface area contributed by atoms with Gasteiger partial charge in [-0.2, -0.15) is 0 Å². The topological polar surface area (TPSA) is 67.3 Å². The maximum absolute atomic E-state index is 12.5. The quantitative estimate of drug-likeness (QED) is 0.653. The summed E-state index contributed by atoms with van der Waals surface area (Å²) in [6, 6.07) is 21.3. The van der Waals surface area contributed by atoms with E-state index < -0.39 is 0 Å². The van der Waals surface area contributed by atoms with Gasteiger partial charge in [-0.3, -0.25) is 4.79 Å². The second-order valence-corrected chi connectivity index (χ2v) is 6.48. The lowest BCUT2D eigenvalue weighted by molar-refractivity contribution is 0.0778. The van der Waals surface area contributed by atoms with Crippen molar-refractivity contribution in [3.63, 3.8) is 0 Å². The Balaban J connectivity index is 1.50. The van der Waals surface area contributed by atoms with Gasteiger partial charge in [-0.25, -0.2) is 0 Å². The van der Waals surface area contributed by atoms with Crippen molar-refractivity contribution < 1.29 is 9.53 Å². The number of nitrogens with zero attached hydrogens (tertiary/aromatic N) is 3. The Hall–Kier alpha value is -3.41. The zero-order valence-corrected chi connectivity index (χ0v) is 16.1. The van der Waals surface area contributed by atoms with E-state index in [2.05, 4.69) is 15.5 Å². The van der Waals surface area contributed by atoms with Crippen LogP contribution in [0.25, 0.3) is 0 Å². The summed E-state index contributed by atoms with van der Waals surface area (Å²) >= 11 is 0. The van der Waals surface area contributed by atoms with E-state index in [1.54, 1.807) is 31.2 Å². The lowest BCUT2D eigenvalue weighted by Gasteiger charge is -2.16. The molecule has 1 N–H and O–H groups in total. The monoisotopic (exact) mass is 376 g/mol. The Bertz CT molecular complexity index is 881. The second-order valence-electron chi connectivity index (χ2n) is 6.48. The molecule has 0 aliphatic rings. The van der Waals surface area contributed by atoms with Crippen LogP contribution in [-0.4, -0.2) is 41.7 Å². The molecule has 2 aromatic carbocycles. The highest BCUT2D eigenvalue weighted by molar-refractivity contribution is 5.92. The van der Waals surface area contributed by atoms with E-state index >= 15 is 0 Å². The minimum atomic E-state index is -0.152. The molecule has 0 saturated carbocycles. The number of carbonyl (C=O) groups excluding carboxylic acids is 1. The van der Waals surface area contributed by atoms with Crippen LogP contribution in [0.1, 0.15) is 21.6 Å². The van der Waals surface area contributed by atoms with E-state index in [4.69, 9.17) is 4.74 Å². The number of rotatable bonds is 8. The van der Waals surface area contributed by atoms with E-state index in [1.807, 2.05) is 54.6 Å². The van der Waals surface area contributed by atoms with Gasteiger partial charge in [0, 0.05) is 20.1 Å².